The first kappa shape index (κ1) is 52.1. The molecular weight excluding hydrogens is 691 g/mol. The van der Waals surface area contributed by atoms with Crippen molar-refractivity contribution in [2.75, 3.05) is 39.3 Å². The zero-order valence-corrected chi connectivity index (χ0v) is 37.7. The number of amides is 2. The van der Waals surface area contributed by atoms with E-state index in [0.29, 0.717) is 37.0 Å². The van der Waals surface area contributed by atoms with Crippen LogP contribution >= 0.6 is 0 Å². The molecule has 1 rings (SSSR count). The zero-order chi connectivity index (χ0) is 40.8. The van der Waals surface area contributed by atoms with Crippen molar-refractivity contribution in [3.05, 3.63) is 35.9 Å². The molecule has 1 aromatic rings. The molecule has 0 heterocycles. The van der Waals surface area contributed by atoms with Gasteiger partial charge in [-0.1, -0.05) is 212 Å². The molecule has 3 N–H and O–H groups in total. The quantitative estimate of drug-likeness (QED) is 0.0457. The summed E-state index contributed by atoms with van der Waals surface area (Å²) in [4.78, 5) is 25.4. The van der Waals surface area contributed by atoms with Crippen molar-refractivity contribution < 1.29 is 19.2 Å². The molecule has 0 fully saturated rings. The number of rotatable bonds is 41. The first-order chi connectivity index (χ1) is 27.3. The largest absolute Gasteiger partial charge is 0.391 e. The molecule has 56 heavy (non-hydrogen) atoms. The molecule has 0 aliphatic carbocycles. The molecular formula is C50H94N3O3+. The van der Waals surface area contributed by atoms with E-state index in [0.717, 1.165) is 63.6 Å². The molecule has 0 radical (unpaired) electrons. The summed E-state index contributed by atoms with van der Waals surface area (Å²) in [6.07, 6.45) is 36.2. The summed E-state index contributed by atoms with van der Waals surface area (Å²) < 4.78 is 0.701. The molecule has 6 nitrogen and oxygen atoms in total. The lowest BCUT2D eigenvalue weighted by Gasteiger charge is -2.39. The summed E-state index contributed by atoms with van der Waals surface area (Å²) in [5.41, 5.74) is 1.24. The number of nitrogens with one attached hydrogen (secondary N) is 2. The van der Waals surface area contributed by atoms with Crippen LogP contribution in [0.15, 0.2) is 30.3 Å². The van der Waals surface area contributed by atoms with E-state index in [9.17, 15) is 14.7 Å². The average Bonchev–Trinajstić information content (AvgIpc) is 3.17. The van der Waals surface area contributed by atoms with Crippen molar-refractivity contribution in [3.63, 3.8) is 0 Å². The van der Waals surface area contributed by atoms with Crippen LogP contribution in [0.3, 0.4) is 0 Å². The van der Waals surface area contributed by atoms with Gasteiger partial charge >= 0.3 is 0 Å². The van der Waals surface area contributed by atoms with Crippen molar-refractivity contribution in [1.82, 2.24) is 10.6 Å². The fourth-order valence-corrected chi connectivity index (χ4v) is 8.22. The highest BCUT2D eigenvalue weighted by atomic mass is 16.3. The molecule has 0 bridgehead atoms. The highest BCUT2D eigenvalue weighted by Gasteiger charge is 2.27. The van der Waals surface area contributed by atoms with Gasteiger partial charge in [-0.25, -0.2) is 0 Å². The van der Waals surface area contributed by atoms with Crippen molar-refractivity contribution in [1.29, 1.82) is 0 Å². The number of hydrogen-bond acceptors (Lipinski definition) is 3. The number of carbonyl (C=O) groups is 2. The Bertz CT molecular complexity index is 1020. The van der Waals surface area contributed by atoms with Gasteiger partial charge in [0.2, 0.25) is 11.8 Å². The summed E-state index contributed by atoms with van der Waals surface area (Å²) in [5, 5.41) is 16.5. The third-order valence-corrected chi connectivity index (χ3v) is 11.8. The first-order valence-corrected chi connectivity index (χ1v) is 24.3. The van der Waals surface area contributed by atoms with E-state index < -0.39 is 0 Å². The Morgan fingerprint density at radius 3 is 1.25 bits per heavy atom. The number of aliphatic hydroxyl groups is 1. The summed E-state index contributed by atoms with van der Waals surface area (Å²) >= 11 is 0. The average molecular weight is 785 g/mol. The Morgan fingerprint density at radius 2 is 0.857 bits per heavy atom. The topological polar surface area (TPSA) is 78.4 Å². The molecule has 6 heteroatoms. The van der Waals surface area contributed by atoms with Crippen LogP contribution in [0.2, 0.25) is 0 Å². The molecule has 0 saturated heterocycles. The standard InChI is InChI=1S/C50H93N3O3/c1-46(2)33-26-21-17-13-9-5-7-11-15-19-23-30-37-49(55)51-39-32-41-53(43-44-54,45-48-35-28-25-29-36-48)42-40-52-50(56)38-31-24-20-16-12-8-6-10-14-18-22-27-34-47(3)4/h25,28-29,35-36,46-47,54H,5-24,26-27,30-34,37-45H2,1-4H3,(H-,51,52,55,56)/p+1. The number of unbranched alkanes of at least 4 members (excludes halogenated alkanes) is 22. The van der Waals surface area contributed by atoms with Crippen LogP contribution in [0.5, 0.6) is 0 Å². The Labute approximate surface area is 348 Å². The second-order valence-corrected chi connectivity index (χ2v) is 18.3. The second-order valence-electron chi connectivity index (χ2n) is 18.3. The Kier molecular flexibility index (Phi) is 34.8. The van der Waals surface area contributed by atoms with Gasteiger partial charge in [0.05, 0.1) is 26.2 Å². The number of nitrogens with zero attached hydrogens (tertiary/aromatic N) is 1. The third kappa shape index (κ3) is 33.1. The van der Waals surface area contributed by atoms with Crippen LogP contribution in [0.25, 0.3) is 0 Å². The zero-order valence-electron chi connectivity index (χ0n) is 37.7. The van der Waals surface area contributed by atoms with Gasteiger partial charge in [-0.15, -0.1) is 0 Å². The maximum absolute atomic E-state index is 12.7. The number of hydrogen-bond donors (Lipinski definition) is 3. The fraction of sp³-hybridized carbons (Fsp3) is 0.840. The van der Waals surface area contributed by atoms with Crippen LogP contribution in [0.4, 0.5) is 0 Å². The summed E-state index contributed by atoms with van der Waals surface area (Å²) in [5.74, 6) is 2.00. The highest BCUT2D eigenvalue weighted by molar-refractivity contribution is 5.76. The predicted molar refractivity (Wildman–Crippen MR) is 242 cm³/mol. The molecule has 0 aromatic heterocycles. The molecule has 1 unspecified atom stereocenters. The van der Waals surface area contributed by atoms with Crippen LogP contribution in [-0.2, 0) is 16.1 Å². The third-order valence-electron chi connectivity index (χ3n) is 11.8. The molecule has 2 amide bonds. The summed E-state index contributed by atoms with van der Waals surface area (Å²) in [6, 6.07) is 10.5. The second kappa shape index (κ2) is 37.4. The number of benzene rings is 1. The smallest absolute Gasteiger partial charge is 0.220 e. The number of aliphatic hydroxyl groups excluding tert-OH is 1. The van der Waals surface area contributed by atoms with E-state index in [-0.39, 0.29) is 18.4 Å². The highest BCUT2D eigenvalue weighted by Crippen LogP contribution is 2.18. The number of quaternary nitrogens is 1. The maximum Gasteiger partial charge on any atom is 0.220 e. The first-order valence-electron chi connectivity index (χ1n) is 24.3. The molecule has 0 aliphatic rings. The lowest BCUT2D eigenvalue weighted by atomic mass is 10.0. The molecule has 0 aliphatic heterocycles. The minimum Gasteiger partial charge on any atom is -0.391 e. The van der Waals surface area contributed by atoms with Gasteiger partial charge in [0.1, 0.15) is 13.1 Å². The molecule has 0 spiro atoms. The van der Waals surface area contributed by atoms with Gasteiger partial charge < -0.3 is 20.2 Å². The van der Waals surface area contributed by atoms with Gasteiger partial charge in [-0.05, 0) is 24.7 Å². The number of carbonyl (C=O) groups excluding carboxylic acids is 2. The maximum atomic E-state index is 12.7. The summed E-state index contributed by atoms with van der Waals surface area (Å²) in [6.45, 7) is 13.7. The molecule has 0 saturated carbocycles. The SMILES string of the molecule is CC(C)CCCCCCCCCCCCCCC(=O)NCCC[N+](CCO)(CCNC(=O)CCCCCCCCCCCCCCC(C)C)Cc1ccccc1. The van der Waals surface area contributed by atoms with Gasteiger partial charge in [-0.2, -0.15) is 0 Å². The van der Waals surface area contributed by atoms with E-state index in [4.69, 9.17) is 0 Å². The van der Waals surface area contributed by atoms with Crippen LogP contribution in [0.1, 0.15) is 219 Å². The van der Waals surface area contributed by atoms with E-state index in [1.807, 2.05) is 6.07 Å². The fourth-order valence-electron chi connectivity index (χ4n) is 8.22. The van der Waals surface area contributed by atoms with Crippen LogP contribution in [0, 0.1) is 11.8 Å². The Morgan fingerprint density at radius 1 is 0.482 bits per heavy atom. The van der Waals surface area contributed by atoms with Gasteiger partial charge in [0, 0.05) is 31.4 Å². The van der Waals surface area contributed by atoms with Crippen molar-refractivity contribution in [2.45, 2.75) is 220 Å². The van der Waals surface area contributed by atoms with Gasteiger partial charge in [-0.3, -0.25) is 9.59 Å². The van der Waals surface area contributed by atoms with Gasteiger partial charge in [0.25, 0.3) is 0 Å². The van der Waals surface area contributed by atoms with Crippen molar-refractivity contribution in [3.8, 4) is 0 Å². The lowest BCUT2D eigenvalue weighted by molar-refractivity contribution is -0.940. The van der Waals surface area contributed by atoms with Crippen LogP contribution in [-0.4, -0.2) is 60.7 Å². The molecule has 1 aromatic carbocycles. The Balaban J connectivity index is 2.22. The monoisotopic (exact) mass is 785 g/mol. The van der Waals surface area contributed by atoms with Crippen molar-refractivity contribution in [2.24, 2.45) is 11.8 Å². The van der Waals surface area contributed by atoms with Gasteiger partial charge in [0.15, 0.2) is 0 Å². The van der Waals surface area contributed by atoms with Crippen molar-refractivity contribution >= 4 is 11.8 Å². The van der Waals surface area contributed by atoms with E-state index in [1.165, 1.54) is 147 Å². The van der Waals surface area contributed by atoms with E-state index >= 15 is 0 Å². The Hall–Kier alpha value is -1.92. The van der Waals surface area contributed by atoms with Crippen LogP contribution < -0.4 is 10.6 Å². The molecule has 1 atom stereocenters. The normalized spacial score (nSPS) is 12.7. The van der Waals surface area contributed by atoms with E-state index in [1.54, 1.807) is 0 Å². The summed E-state index contributed by atoms with van der Waals surface area (Å²) in [7, 11) is 0. The minimum absolute atomic E-state index is 0.101. The lowest BCUT2D eigenvalue weighted by Crippen LogP contribution is -2.53. The minimum atomic E-state index is 0.101. The molecule has 326 valence electrons. The predicted octanol–water partition coefficient (Wildman–Crippen LogP) is 12.9. The van der Waals surface area contributed by atoms with E-state index in [2.05, 4.69) is 62.6 Å².